The van der Waals surface area contributed by atoms with Gasteiger partial charge < -0.3 is 4.74 Å². The number of methoxy groups -OCH3 is 1. The smallest absolute Gasteiger partial charge is 0.239 e. The fourth-order valence-corrected chi connectivity index (χ4v) is 5.17. The predicted molar refractivity (Wildman–Crippen MR) is 131 cm³/mol. The lowest BCUT2D eigenvalue weighted by atomic mass is 10.1. The predicted octanol–water partition coefficient (Wildman–Crippen LogP) is 3.19. The zero-order valence-electron chi connectivity index (χ0n) is 19.2. The minimum atomic E-state index is -3.94. The van der Waals surface area contributed by atoms with E-state index < -0.39 is 27.2 Å². The Morgan fingerprint density at radius 1 is 1.11 bits per heavy atom. The Hall–Kier alpha value is -3.23. The summed E-state index contributed by atoms with van der Waals surface area (Å²) in [6, 6.07) is 4.74. The third kappa shape index (κ3) is 5.23. The van der Waals surface area contributed by atoms with Gasteiger partial charge in [-0.05, 0) is 31.4 Å². The minimum Gasteiger partial charge on any atom is -0.481 e. The molecule has 4 aromatic rings. The number of sulfonamides is 1. The molecule has 4 aromatic heterocycles. The van der Waals surface area contributed by atoms with Crippen molar-refractivity contribution >= 4 is 39.1 Å². The van der Waals surface area contributed by atoms with Crippen LogP contribution in [0.15, 0.2) is 36.0 Å². The molecule has 0 saturated carbocycles. The Bertz CT molecular complexity index is 1400. The van der Waals surface area contributed by atoms with Crippen molar-refractivity contribution in [3.63, 3.8) is 0 Å². The average Bonchev–Trinajstić information content (AvgIpc) is 3.53. The number of hydrogen-bond acceptors (Lipinski definition) is 11. The van der Waals surface area contributed by atoms with Gasteiger partial charge in [0.25, 0.3) is 0 Å². The van der Waals surface area contributed by atoms with E-state index in [1.165, 1.54) is 31.0 Å². The van der Waals surface area contributed by atoms with E-state index in [-0.39, 0.29) is 5.95 Å². The summed E-state index contributed by atoms with van der Waals surface area (Å²) in [5.74, 6) is 0.565. The van der Waals surface area contributed by atoms with Gasteiger partial charge in [0.05, 0.1) is 29.1 Å². The van der Waals surface area contributed by atoms with Crippen LogP contribution in [0.5, 0.6) is 5.88 Å². The summed E-state index contributed by atoms with van der Waals surface area (Å²) in [4.78, 5) is 12.7. The van der Waals surface area contributed by atoms with E-state index in [1.54, 1.807) is 42.0 Å². The van der Waals surface area contributed by atoms with Gasteiger partial charge in [-0.3, -0.25) is 9.29 Å². The van der Waals surface area contributed by atoms with Crippen LogP contribution in [0.4, 0.5) is 5.95 Å². The maximum atomic E-state index is 13.4. The summed E-state index contributed by atoms with van der Waals surface area (Å²) in [6.45, 7) is 5.15. The number of pyridine rings is 1. The minimum absolute atomic E-state index is 0.0150. The van der Waals surface area contributed by atoms with Gasteiger partial charge in [-0.1, -0.05) is 29.1 Å². The third-order valence-corrected chi connectivity index (χ3v) is 8.10. The Morgan fingerprint density at radius 3 is 2.51 bits per heavy atom. The Labute approximate surface area is 211 Å². The zero-order chi connectivity index (χ0) is 25.2. The summed E-state index contributed by atoms with van der Waals surface area (Å²) < 4.78 is 40.1. The normalized spacial score (nSPS) is 14.3. The second kappa shape index (κ2) is 10.2. The van der Waals surface area contributed by atoms with Crippen molar-refractivity contribution in [2.24, 2.45) is 0 Å². The molecule has 184 valence electrons. The molecule has 15 heteroatoms. The topological polar surface area (TPSA) is 151 Å². The molecule has 0 aromatic carbocycles. The quantitative estimate of drug-likeness (QED) is 0.338. The zero-order valence-corrected chi connectivity index (χ0v) is 21.6. The molecular weight excluding hydrogens is 514 g/mol. The van der Waals surface area contributed by atoms with Crippen LogP contribution in [0, 0.1) is 0 Å². The van der Waals surface area contributed by atoms with Gasteiger partial charge in [0, 0.05) is 29.8 Å². The highest BCUT2D eigenvalue weighted by molar-refractivity contribution is 7.93. The van der Waals surface area contributed by atoms with E-state index >= 15 is 0 Å². The number of nitrogens with one attached hydrogen (secondary N) is 1. The van der Waals surface area contributed by atoms with E-state index in [2.05, 4.69) is 39.5 Å². The Morgan fingerprint density at radius 2 is 1.86 bits per heavy atom. The Kier molecular flexibility index (Phi) is 7.23. The average molecular weight is 536 g/mol. The maximum absolute atomic E-state index is 13.4. The molecule has 1 N–H and O–H groups in total. The molecule has 4 heterocycles. The van der Waals surface area contributed by atoms with Crippen molar-refractivity contribution in [2.45, 2.75) is 38.0 Å². The fraction of sp³-hybridized carbons (Fsp3) is 0.350. The van der Waals surface area contributed by atoms with Gasteiger partial charge in [0.1, 0.15) is 11.5 Å². The molecule has 0 saturated heterocycles. The van der Waals surface area contributed by atoms with Crippen LogP contribution in [0.25, 0.3) is 11.5 Å². The van der Waals surface area contributed by atoms with Gasteiger partial charge in [0.2, 0.25) is 21.9 Å². The highest BCUT2D eigenvalue weighted by Crippen LogP contribution is 2.30. The maximum Gasteiger partial charge on any atom is 0.239 e. The first-order valence-electron chi connectivity index (χ1n) is 10.4. The molecule has 4 rings (SSSR count). The fourth-order valence-electron chi connectivity index (χ4n) is 3.30. The molecule has 0 bridgehead atoms. The first-order chi connectivity index (χ1) is 16.7. The van der Waals surface area contributed by atoms with E-state index in [1.807, 2.05) is 6.92 Å². The van der Waals surface area contributed by atoms with Gasteiger partial charge in [-0.25, -0.2) is 23.4 Å². The summed E-state index contributed by atoms with van der Waals surface area (Å²) >= 11 is 7.05. The lowest BCUT2D eigenvalue weighted by Crippen LogP contribution is -2.32. The van der Waals surface area contributed by atoms with Crippen molar-refractivity contribution in [3.05, 3.63) is 52.5 Å². The molecule has 0 radical (unpaired) electrons. The Balaban J connectivity index is 1.72. The van der Waals surface area contributed by atoms with Crippen LogP contribution >= 0.6 is 23.1 Å². The molecular formula is C20H22ClN9O3S2. The van der Waals surface area contributed by atoms with E-state index in [9.17, 15) is 8.42 Å². The number of halogens is 1. The van der Waals surface area contributed by atoms with E-state index in [0.717, 1.165) is 0 Å². The molecule has 35 heavy (non-hydrogen) atoms. The van der Waals surface area contributed by atoms with Gasteiger partial charge in [-0.2, -0.15) is 0 Å². The third-order valence-electron chi connectivity index (χ3n) is 5.52. The largest absolute Gasteiger partial charge is 0.481 e. The molecule has 12 nitrogen and oxygen atoms in total. The van der Waals surface area contributed by atoms with Gasteiger partial charge in [0.15, 0.2) is 5.82 Å². The number of rotatable bonds is 9. The second-order valence-electron chi connectivity index (χ2n) is 7.69. The van der Waals surface area contributed by atoms with Crippen molar-refractivity contribution in [1.82, 2.24) is 39.3 Å². The highest BCUT2D eigenvalue weighted by Gasteiger charge is 2.32. The summed E-state index contributed by atoms with van der Waals surface area (Å²) in [6.07, 6.45) is 2.86. The van der Waals surface area contributed by atoms with Crippen molar-refractivity contribution in [3.8, 4) is 17.4 Å². The molecule has 0 amide bonds. The molecule has 0 fully saturated rings. The summed E-state index contributed by atoms with van der Waals surface area (Å²) in [5, 5.41) is 13.7. The number of hydrogen-bond donors (Lipinski definition) is 1. The van der Waals surface area contributed by atoms with Gasteiger partial charge >= 0.3 is 0 Å². The van der Waals surface area contributed by atoms with E-state index in [0.29, 0.717) is 33.9 Å². The molecule has 0 unspecified atom stereocenters. The lowest BCUT2D eigenvalue weighted by molar-refractivity contribution is 0.398. The number of ether oxygens (including phenoxy) is 1. The monoisotopic (exact) mass is 535 g/mol. The lowest BCUT2D eigenvalue weighted by Gasteiger charge is -2.21. The first kappa shape index (κ1) is 24.9. The number of aromatic nitrogens is 8. The second-order valence-corrected chi connectivity index (χ2v) is 10.8. The van der Waals surface area contributed by atoms with Crippen molar-refractivity contribution in [1.29, 1.82) is 0 Å². The molecule has 3 atom stereocenters. The van der Waals surface area contributed by atoms with Crippen LogP contribution in [0.2, 0.25) is 5.02 Å². The molecule has 0 spiro atoms. The molecule has 0 aliphatic carbocycles. The van der Waals surface area contributed by atoms with E-state index in [4.69, 9.17) is 16.3 Å². The highest BCUT2D eigenvalue weighted by atomic mass is 35.5. The SMILES string of the molecule is COc1cccc(-c2nnc(NS(=O)(=O)[C@@H](C)[C@H](C)c3ncc(Cl)cn3)n2[C@H](C)c2csnn2)n1. The van der Waals surface area contributed by atoms with Crippen LogP contribution in [-0.2, 0) is 10.0 Å². The molecule has 0 aliphatic rings. The van der Waals surface area contributed by atoms with Crippen LogP contribution in [0.1, 0.15) is 44.2 Å². The van der Waals surface area contributed by atoms with Crippen LogP contribution in [0.3, 0.4) is 0 Å². The molecule has 0 aliphatic heterocycles. The van der Waals surface area contributed by atoms with Gasteiger partial charge in [-0.15, -0.1) is 15.3 Å². The number of nitrogens with zero attached hydrogens (tertiary/aromatic N) is 8. The summed E-state index contributed by atoms with van der Waals surface area (Å²) in [5.41, 5.74) is 1.07. The van der Waals surface area contributed by atoms with Crippen LogP contribution in [-0.4, -0.2) is 60.1 Å². The van der Waals surface area contributed by atoms with Crippen LogP contribution < -0.4 is 9.46 Å². The number of anilines is 1. The summed E-state index contributed by atoms with van der Waals surface area (Å²) in [7, 11) is -2.44. The standard InChI is InChI=1S/C20H22ClN9O3S2/c1-11(18-22-8-14(21)9-23-18)13(3)35(31,32)28-20-27-26-19(15-6-5-7-17(24-15)33-4)30(20)12(2)16-10-34-29-25-16/h5-13H,1-4H3,(H,27,28)/t11-,12+,13-/m0/s1. The first-order valence-corrected chi connectivity index (χ1v) is 13.2. The van der Waals surface area contributed by atoms with Crippen molar-refractivity contribution in [2.75, 3.05) is 11.8 Å². The van der Waals surface area contributed by atoms with Crippen molar-refractivity contribution < 1.29 is 13.2 Å².